The van der Waals surface area contributed by atoms with Gasteiger partial charge in [0.25, 0.3) is 5.89 Å². The van der Waals surface area contributed by atoms with Crippen molar-refractivity contribution in [1.82, 2.24) is 15.0 Å². The lowest BCUT2D eigenvalue weighted by atomic mass is 9.49. The van der Waals surface area contributed by atoms with Crippen LogP contribution in [-0.2, 0) is 20.9 Å². The first-order chi connectivity index (χ1) is 17.0. The highest BCUT2D eigenvalue weighted by Gasteiger charge is 2.57. The fourth-order valence-electron chi connectivity index (χ4n) is 7.52. The normalized spacial score (nSPS) is 31.1. The molecule has 4 saturated carbocycles. The van der Waals surface area contributed by atoms with Gasteiger partial charge >= 0.3 is 5.97 Å². The second-order valence-corrected chi connectivity index (χ2v) is 10.9. The number of aromatic nitrogens is 2. The van der Waals surface area contributed by atoms with Crippen LogP contribution in [0.15, 0.2) is 28.8 Å². The number of likely N-dealkylation sites (tertiary alicyclic amines) is 1. The second-order valence-electron chi connectivity index (χ2n) is 10.9. The number of carbonyl (C=O) groups excluding carboxylic acids is 2. The van der Waals surface area contributed by atoms with E-state index in [2.05, 4.69) is 10.1 Å². The van der Waals surface area contributed by atoms with E-state index >= 15 is 0 Å². The third-order valence-corrected chi connectivity index (χ3v) is 8.51. The van der Waals surface area contributed by atoms with Crippen LogP contribution >= 0.6 is 0 Å². The number of ether oxygens (including phenoxy) is 2. The first kappa shape index (κ1) is 22.6. The SMILES string of the molecule is CCOc1ccccc1-c1noc(COC(=O)C2CCCN2C(=O)C23CC4CC(CC(C4)C2)C3)n1. The van der Waals surface area contributed by atoms with E-state index in [9.17, 15) is 9.59 Å². The molecule has 1 aliphatic heterocycles. The van der Waals surface area contributed by atoms with Gasteiger partial charge in [-0.25, -0.2) is 4.79 Å². The number of para-hydroxylation sites is 1. The van der Waals surface area contributed by atoms with Crippen LogP contribution in [0.4, 0.5) is 0 Å². The summed E-state index contributed by atoms with van der Waals surface area (Å²) in [5, 5.41) is 4.03. The van der Waals surface area contributed by atoms with Crippen molar-refractivity contribution < 1.29 is 23.6 Å². The molecule has 1 aromatic carbocycles. The first-order valence-corrected chi connectivity index (χ1v) is 13.1. The zero-order chi connectivity index (χ0) is 24.0. The molecule has 1 unspecified atom stereocenters. The van der Waals surface area contributed by atoms with Gasteiger partial charge in [0.2, 0.25) is 11.7 Å². The largest absolute Gasteiger partial charge is 0.493 e. The average molecular weight is 480 g/mol. The number of esters is 1. The number of amides is 1. The summed E-state index contributed by atoms with van der Waals surface area (Å²) in [5.74, 6) is 3.17. The molecule has 7 rings (SSSR count). The summed E-state index contributed by atoms with van der Waals surface area (Å²) in [5.41, 5.74) is 0.478. The Labute approximate surface area is 205 Å². The Kier molecular flexibility index (Phi) is 5.77. The molecule has 2 heterocycles. The summed E-state index contributed by atoms with van der Waals surface area (Å²) in [6.45, 7) is 2.97. The predicted molar refractivity (Wildman–Crippen MR) is 126 cm³/mol. The van der Waals surface area contributed by atoms with E-state index in [1.807, 2.05) is 36.1 Å². The zero-order valence-electron chi connectivity index (χ0n) is 20.3. The monoisotopic (exact) mass is 479 g/mol. The van der Waals surface area contributed by atoms with Gasteiger partial charge in [-0.3, -0.25) is 4.79 Å². The van der Waals surface area contributed by atoms with Gasteiger partial charge in [-0.15, -0.1) is 0 Å². The van der Waals surface area contributed by atoms with Crippen molar-refractivity contribution >= 4 is 11.9 Å². The molecule has 1 saturated heterocycles. The Morgan fingerprint density at radius 3 is 2.54 bits per heavy atom. The van der Waals surface area contributed by atoms with E-state index < -0.39 is 6.04 Å². The molecular formula is C27H33N3O5. The highest BCUT2D eigenvalue weighted by atomic mass is 16.6. The number of hydrogen-bond acceptors (Lipinski definition) is 7. The maximum atomic E-state index is 13.8. The lowest BCUT2D eigenvalue weighted by Gasteiger charge is -2.56. The van der Waals surface area contributed by atoms with Crippen molar-refractivity contribution in [2.75, 3.05) is 13.2 Å². The van der Waals surface area contributed by atoms with E-state index in [4.69, 9.17) is 14.0 Å². The minimum Gasteiger partial charge on any atom is -0.493 e. The Morgan fingerprint density at radius 1 is 1.11 bits per heavy atom. The van der Waals surface area contributed by atoms with Crippen LogP contribution in [0.5, 0.6) is 5.75 Å². The van der Waals surface area contributed by atoms with Gasteiger partial charge in [-0.2, -0.15) is 4.98 Å². The van der Waals surface area contributed by atoms with Gasteiger partial charge in [0, 0.05) is 6.54 Å². The Morgan fingerprint density at radius 2 is 1.83 bits per heavy atom. The van der Waals surface area contributed by atoms with E-state index in [0.717, 1.165) is 31.2 Å². The standard InChI is InChI=1S/C27H33N3O5/c1-2-33-22-8-4-3-6-20(22)24-28-23(35-29-24)16-34-25(31)21-7-5-9-30(21)26(32)27-13-17-10-18(14-27)12-19(11-17)15-27/h3-4,6,8,17-19,21H,2,5,7,9-16H2,1H3. The number of nitrogens with zero attached hydrogens (tertiary/aromatic N) is 3. The van der Waals surface area contributed by atoms with Crippen LogP contribution in [0.25, 0.3) is 11.4 Å². The highest BCUT2D eigenvalue weighted by molar-refractivity contribution is 5.89. The Balaban J connectivity index is 1.11. The lowest BCUT2D eigenvalue weighted by molar-refractivity contribution is -0.166. The lowest BCUT2D eigenvalue weighted by Crippen LogP contribution is -2.56. The van der Waals surface area contributed by atoms with Crippen molar-refractivity contribution in [3.63, 3.8) is 0 Å². The summed E-state index contributed by atoms with van der Waals surface area (Å²) in [6, 6.07) is 6.96. The maximum Gasteiger partial charge on any atom is 0.329 e. The predicted octanol–water partition coefficient (Wildman–Crippen LogP) is 4.39. The van der Waals surface area contributed by atoms with Crippen LogP contribution in [-0.4, -0.2) is 46.1 Å². The van der Waals surface area contributed by atoms with Crippen molar-refractivity contribution in [3.8, 4) is 17.1 Å². The van der Waals surface area contributed by atoms with E-state index in [0.29, 0.717) is 48.9 Å². The second kappa shape index (κ2) is 8.95. The summed E-state index contributed by atoms with van der Waals surface area (Å²) in [6.07, 6.45) is 8.36. The van der Waals surface area contributed by atoms with E-state index in [-0.39, 0.29) is 29.8 Å². The highest BCUT2D eigenvalue weighted by Crippen LogP contribution is 2.60. The molecule has 8 nitrogen and oxygen atoms in total. The molecule has 0 radical (unpaired) electrons. The van der Waals surface area contributed by atoms with Gasteiger partial charge in [0.15, 0.2) is 6.61 Å². The van der Waals surface area contributed by atoms with Gasteiger partial charge in [-0.05, 0) is 88.2 Å². The summed E-state index contributed by atoms with van der Waals surface area (Å²) >= 11 is 0. The molecule has 35 heavy (non-hydrogen) atoms. The Hall–Kier alpha value is -2.90. The van der Waals surface area contributed by atoms with Crippen LogP contribution < -0.4 is 4.74 Å². The number of hydrogen-bond donors (Lipinski definition) is 0. The number of benzene rings is 1. The van der Waals surface area contributed by atoms with Crippen LogP contribution in [0.3, 0.4) is 0 Å². The van der Waals surface area contributed by atoms with Gasteiger partial charge < -0.3 is 18.9 Å². The third kappa shape index (κ3) is 4.10. The molecule has 1 aromatic heterocycles. The fraction of sp³-hybridized carbons (Fsp3) is 0.630. The quantitative estimate of drug-likeness (QED) is 0.544. The van der Waals surface area contributed by atoms with Crippen LogP contribution in [0.1, 0.15) is 64.2 Å². The molecule has 0 N–H and O–H groups in total. The van der Waals surface area contributed by atoms with Gasteiger partial charge in [0.1, 0.15) is 11.8 Å². The van der Waals surface area contributed by atoms with Crippen molar-refractivity contribution in [2.24, 2.45) is 23.2 Å². The summed E-state index contributed by atoms with van der Waals surface area (Å²) < 4.78 is 16.6. The van der Waals surface area contributed by atoms with Crippen LogP contribution in [0, 0.1) is 23.2 Å². The topological polar surface area (TPSA) is 94.8 Å². The van der Waals surface area contributed by atoms with Crippen molar-refractivity contribution in [3.05, 3.63) is 30.2 Å². The zero-order valence-corrected chi connectivity index (χ0v) is 20.3. The number of rotatable bonds is 7. The van der Waals surface area contributed by atoms with Crippen molar-refractivity contribution in [2.45, 2.75) is 70.9 Å². The summed E-state index contributed by atoms with van der Waals surface area (Å²) in [7, 11) is 0. The minimum atomic E-state index is -0.517. The molecule has 4 aliphatic carbocycles. The molecule has 186 valence electrons. The Bertz CT molecular complexity index is 1080. The smallest absolute Gasteiger partial charge is 0.329 e. The van der Waals surface area contributed by atoms with Crippen LogP contribution in [0.2, 0.25) is 0 Å². The van der Waals surface area contributed by atoms with Crippen molar-refractivity contribution in [1.29, 1.82) is 0 Å². The van der Waals surface area contributed by atoms with Gasteiger partial charge in [-0.1, -0.05) is 17.3 Å². The molecule has 8 heteroatoms. The first-order valence-electron chi connectivity index (χ1n) is 13.1. The fourth-order valence-corrected chi connectivity index (χ4v) is 7.52. The molecule has 4 bridgehead atoms. The molecule has 5 aliphatic rings. The summed E-state index contributed by atoms with van der Waals surface area (Å²) in [4.78, 5) is 33.1. The molecule has 1 amide bonds. The average Bonchev–Trinajstić information content (AvgIpc) is 3.52. The van der Waals surface area contributed by atoms with E-state index in [1.54, 1.807) is 0 Å². The molecule has 2 aromatic rings. The molecular weight excluding hydrogens is 446 g/mol. The maximum absolute atomic E-state index is 13.8. The molecule has 5 fully saturated rings. The minimum absolute atomic E-state index is 0.113. The molecule has 1 atom stereocenters. The van der Waals surface area contributed by atoms with Gasteiger partial charge in [0.05, 0.1) is 17.6 Å². The number of carbonyl (C=O) groups is 2. The molecule has 0 spiro atoms. The third-order valence-electron chi connectivity index (χ3n) is 8.51. The van der Waals surface area contributed by atoms with E-state index in [1.165, 1.54) is 19.3 Å².